The fraction of sp³-hybridized carbons (Fsp3) is 0.364. The van der Waals surface area contributed by atoms with E-state index >= 15 is 0 Å². The fourth-order valence-corrected chi connectivity index (χ4v) is 1.76. The summed E-state index contributed by atoms with van der Waals surface area (Å²) in [6.07, 6.45) is 2.32. The zero-order valence-electron chi connectivity index (χ0n) is 7.30. The monoisotopic (exact) mass is 159 g/mol. The second kappa shape index (κ2) is 2.44. The van der Waals surface area contributed by atoms with Gasteiger partial charge in [-0.05, 0) is 25.3 Å². The first-order chi connectivity index (χ1) is 5.76. The molecule has 1 aromatic rings. The lowest BCUT2D eigenvalue weighted by Gasteiger charge is -2.13. The molecule has 0 bridgehead atoms. The third-order valence-electron chi connectivity index (χ3n) is 2.79. The first-order valence-corrected chi connectivity index (χ1v) is 4.37. The van der Waals surface area contributed by atoms with Crippen LogP contribution in [0, 0.1) is 5.41 Å². The molecule has 0 saturated heterocycles. The molecule has 0 atom stereocenters. The first kappa shape index (κ1) is 7.53. The summed E-state index contributed by atoms with van der Waals surface area (Å²) in [5.74, 6) is 0. The van der Waals surface area contributed by atoms with Crippen molar-refractivity contribution in [2.45, 2.75) is 25.2 Å². The Morgan fingerprint density at radius 3 is 2.25 bits per heavy atom. The number of benzene rings is 1. The van der Waals surface area contributed by atoms with E-state index in [4.69, 9.17) is 5.41 Å². The molecule has 1 saturated carbocycles. The standard InChI is InChI=1S/C11H13N/c1-9(12)11(7-8-11)10-5-3-2-4-6-10/h2-6,12H,7-8H2,1H3. The maximum Gasteiger partial charge on any atom is 0.0327 e. The van der Waals surface area contributed by atoms with E-state index in [0.29, 0.717) is 0 Å². The van der Waals surface area contributed by atoms with E-state index in [-0.39, 0.29) is 5.41 Å². The molecule has 1 heteroatoms. The van der Waals surface area contributed by atoms with E-state index in [1.165, 1.54) is 5.56 Å². The van der Waals surface area contributed by atoms with Gasteiger partial charge in [-0.15, -0.1) is 0 Å². The Balaban J connectivity index is 2.37. The van der Waals surface area contributed by atoms with Gasteiger partial charge in [-0.25, -0.2) is 0 Å². The lowest BCUT2D eigenvalue weighted by Crippen LogP contribution is -2.15. The number of rotatable bonds is 2. The van der Waals surface area contributed by atoms with Crippen LogP contribution < -0.4 is 0 Å². The molecule has 0 amide bonds. The molecular weight excluding hydrogens is 146 g/mol. The van der Waals surface area contributed by atoms with Crippen LogP contribution in [0.15, 0.2) is 30.3 Å². The fourth-order valence-electron chi connectivity index (χ4n) is 1.76. The number of nitrogens with one attached hydrogen (secondary N) is 1. The van der Waals surface area contributed by atoms with Gasteiger partial charge in [0.05, 0.1) is 0 Å². The van der Waals surface area contributed by atoms with Crippen molar-refractivity contribution in [3.63, 3.8) is 0 Å². The topological polar surface area (TPSA) is 23.9 Å². The van der Waals surface area contributed by atoms with Crippen molar-refractivity contribution in [3.05, 3.63) is 35.9 Å². The van der Waals surface area contributed by atoms with Crippen molar-refractivity contribution in [1.29, 1.82) is 5.41 Å². The van der Waals surface area contributed by atoms with Crippen LogP contribution in [0.2, 0.25) is 0 Å². The van der Waals surface area contributed by atoms with Gasteiger partial charge in [0.15, 0.2) is 0 Å². The Morgan fingerprint density at radius 1 is 1.25 bits per heavy atom. The molecule has 2 rings (SSSR count). The van der Waals surface area contributed by atoms with Crippen LogP contribution in [0.25, 0.3) is 0 Å². The maximum absolute atomic E-state index is 7.70. The van der Waals surface area contributed by atoms with Gasteiger partial charge in [-0.3, -0.25) is 0 Å². The zero-order valence-corrected chi connectivity index (χ0v) is 7.30. The van der Waals surface area contributed by atoms with E-state index in [0.717, 1.165) is 18.6 Å². The van der Waals surface area contributed by atoms with Crippen LogP contribution in [0.5, 0.6) is 0 Å². The van der Waals surface area contributed by atoms with Crippen LogP contribution in [0.1, 0.15) is 25.3 Å². The molecule has 1 N–H and O–H groups in total. The molecule has 62 valence electrons. The highest BCUT2D eigenvalue weighted by Crippen LogP contribution is 2.48. The van der Waals surface area contributed by atoms with Gasteiger partial charge in [0.2, 0.25) is 0 Å². The van der Waals surface area contributed by atoms with Crippen molar-refractivity contribution in [2.75, 3.05) is 0 Å². The molecular formula is C11H13N. The largest absolute Gasteiger partial charge is 0.309 e. The number of hydrogen-bond donors (Lipinski definition) is 1. The van der Waals surface area contributed by atoms with Gasteiger partial charge in [0.25, 0.3) is 0 Å². The molecule has 1 aromatic carbocycles. The smallest absolute Gasteiger partial charge is 0.0327 e. The van der Waals surface area contributed by atoms with Gasteiger partial charge in [-0.1, -0.05) is 30.3 Å². The van der Waals surface area contributed by atoms with E-state index in [9.17, 15) is 0 Å². The molecule has 0 spiro atoms. The van der Waals surface area contributed by atoms with Crippen LogP contribution in [0.4, 0.5) is 0 Å². The summed E-state index contributed by atoms with van der Waals surface area (Å²) in [6, 6.07) is 10.4. The summed E-state index contributed by atoms with van der Waals surface area (Å²) in [5, 5.41) is 7.70. The van der Waals surface area contributed by atoms with E-state index in [1.54, 1.807) is 0 Å². The van der Waals surface area contributed by atoms with Crippen LogP contribution >= 0.6 is 0 Å². The third-order valence-corrected chi connectivity index (χ3v) is 2.79. The van der Waals surface area contributed by atoms with Crippen LogP contribution in [-0.4, -0.2) is 5.71 Å². The number of hydrogen-bond acceptors (Lipinski definition) is 1. The molecule has 1 aliphatic rings. The van der Waals surface area contributed by atoms with E-state index in [1.807, 2.05) is 13.0 Å². The SMILES string of the molecule is CC(=N)C1(c2ccccc2)CC1. The minimum absolute atomic E-state index is 0.126. The molecule has 0 aliphatic heterocycles. The average molecular weight is 159 g/mol. The maximum atomic E-state index is 7.70. The molecule has 0 aromatic heterocycles. The van der Waals surface area contributed by atoms with Gasteiger partial charge in [0, 0.05) is 11.1 Å². The minimum atomic E-state index is 0.126. The highest BCUT2D eigenvalue weighted by Gasteiger charge is 2.45. The van der Waals surface area contributed by atoms with Crippen LogP contribution in [0.3, 0.4) is 0 Å². The Hall–Kier alpha value is -1.11. The molecule has 1 aliphatic carbocycles. The Bertz CT molecular complexity index is 296. The Morgan fingerprint density at radius 2 is 1.83 bits per heavy atom. The normalized spacial score (nSPS) is 18.8. The highest BCUT2D eigenvalue weighted by molar-refractivity contribution is 5.93. The second-order valence-electron chi connectivity index (χ2n) is 3.57. The van der Waals surface area contributed by atoms with E-state index in [2.05, 4.69) is 24.3 Å². The lowest BCUT2D eigenvalue weighted by molar-refractivity contribution is 0.930. The quantitative estimate of drug-likeness (QED) is 0.641. The zero-order chi connectivity index (χ0) is 8.60. The highest BCUT2D eigenvalue weighted by atomic mass is 14.6. The first-order valence-electron chi connectivity index (χ1n) is 4.37. The third kappa shape index (κ3) is 0.970. The van der Waals surface area contributed by atoms with Crippen molar-refractivity contribution in [3.8, 4) is 0 Å². The summed E-state index contributed by atoms with van der Waals surface area (Å²) >= 11 is 0. The predicted octanol–water partition coefficient (Wildman–Crippen LogP) is 2.76. The summed E-state index contributed by atoms with van der Waals surface area (Å²) in [7, 11) is 0. The molecule has 1 nitrogen and oxygen atoms in total. The van der Waals surface area contributed by atoms with Gasteiger partial charge >= 0.3 is 0 Å². The minimum Gasteiger partial charge on any atom is -0.309 e. The van der Waals surface area contributed by atoms with Crippen molar-refractivity contribution >= 4 is 5.71 Å². The molecule has 1 fully saturated rings. The molecule has 0 radical (unpaired) electrons. The van der Waals surface area contributed by atoms with Crippen LogP contribution in [-0.2, 0) is 5.41 Å². The summed E-state index contributed by atoms with van der Waals surface area (Å²) < 4.78 is 0. The van der Waals surface area contributed by atoms with Gasteiger partial charge in [-0.2, -0.15) is 0 Å². The van der Waals surface area contributed by atoms with Gasteiger partial charge in [0.1, 0.15) is 0 Å². The van der Waals surface area contributed by atoms with E-state index < -0.39 is 0 Å². The van der Waals surface area contributed by atoms with Crippen molar-refractivity contribution < 1.29 is 0 Å². The van der Waals surface area contributed by atoms with Gasteiger partial charge < -0.3 is 5.41 Å². The molecule has 0 heterocycles. The lowest BCUT2D eigenvalue weighted by atomic mass is 9.92. The molecule has 12 heavy (non-hydrogen) atoms. The Kier molecular flexibility index (Phi) is 1.53. The summed E-state index contributed by atoms with van der Waals surface area (Å²) in [5.41, 5.74) is 2.26. The Labute approximate surface area is 72.9 Å². The average Bonchev–Trinajstić information content (AvgIpc) is 2.86. The van der Waals surface area contributed by atoms with Crippen molar-refractivity contribution in [2.24, 2.45) is 0 Å². The summed E-state index contributed by atoms with van der Waals surface area (Å²) in [6.45, 7) is 1.92. The predicted molar refractivity (Wildman–Crippen MR) is 50.8 cm³/mol. The summed E-state index contributed by atoms with van der Waals surface area (Å²) in [4.78, 5) is 0. The molecule has 0 unspecified atom stereocenters. The van der Waals surface area contributed by atoms with Crippen molar-refractivity contribution in [1.82, 2.24) is 0 Å². The second-order valence-corrected chi connectivity index (χ2v) is 3.57.